The van der Waals surface area contributed by atoms with Crippen molar-refractivity contribution in [3.63, 3.8) is 0 Å². The number of allylic oxidation sites excluding steroid dienone is 1. The Morgan fingerprint density at radius 2 is 1.91 bits per heavy atom. The van der Waals surface area contributed by atoms with Gasteiger partial charge in [0.1, 0.15) is 35.7 Å². The van der Waals surface area contributed by atoms with Crippen molar-refractivity contribution in [3.05, 3.63) is 59.7 Å². The quantitative estimate of drug-likeness (QED) is 0.0274. The molecule has 1 saturated heterocycles. The maximum Gasteiger partial charge on any atom is 0.340 e. The first-order chi connectivity index (χ1) is 25.2. The van der Waals surface area contributed by atoms with Gasteiger partial charge in [0, 0.05) is 25.4 Å². The molecule has 7 atom stereocenters. The van der Waals surface area contributed by atoms with Gasteiger partial charge in [0.2, 0.25) is 12.1 Å². The molecule has 0 aromatic carbocycles. The van der Waals surface area contributed by atoms with Gasteiger partial charge in [0.25, 0.3) is 0 Å². The summed E-state index contributed by atoms with van der Waals surface area (Å²) >= 11 is 0. The summed E-state index contributed by atoms with van der Waals surface area (Å²) in [5.41, 5.74) is 3.24. The van der Waals surface area contributed by atoms with Gasteiger partial charge in [-0.25, -0.2) is 9.59 Å². The van der Waals surface area contributed by atoms with Crippen LogP contribution in [-0.4, -0.2) is 154 Å². The number of aliphatic carboxylic acids is 1. The molecule has 0 unspecified atom stereocenters. The first kappa shape index (κ1) is 41.9. The van der Waals surface area contributed by atoms with Gasteiger partial charge >= 0.3 is 11.9 Å². The highest BCUT2D eigenvalue weighted by Gasteiger charge is 2.58. The zero-order chi connectivity index (χ0) is 38.9. The van der Waals surface area contributed by atoms with Crippen LogP contribution >= 0.6 is 0 Å². The predicted octanol–water partition coefficient (Wildman–Crippen LogP) is -2.41. The number of nitrogens with one attached hydrogen (secondary N) is 2. The highest BCUT2D eigenvalue weighted by Crippen LogP contribution is 2.41. The Balaban J connectivity index is 1.80. The Bertz CT molecular complexity index is 1470. The molecule has 296 valence electrons. The summed E-state index contributed by atoms with van der Waals surface area (Å²) in [6, 6.07) is 0. The summed E-state index contributed by atoms with van der Waals surface area (Å²) in [5.74, 6) is -6.72. The minimum atomic E-state index is -3.00. The number of ether oxygens (including phenoxy) is 5. The number of aliphatic hydroxyl groups is 6. The first-order valence-corrected chi connectivity index (χ1v) is 17.2. The van der Waals surface area contributed by atoms with Crippen LogP contribution in [0.2, 0.25) is 0 Å². The summed E-state index contributed by atoms with van der Waals surface area (Å²) < 4.78 is 28.8. The highest BCUT2D eigenvalue weighted by atomic mass is 16.8. The van der Waals surface area contributed by atoms with Crippen LogP contribution in [0.25, 0.3) is 0 Å². The van der Waals surface area contributed by atoms with E-state index in [9.17, 15) is 45.3 Å². The number of nitrogens with two attached hydrogens (primary N) is 1. The molecule has 1 aliphatic carbocycles. The summed E-state index contributed by atoms with van der Waals surface area (Å²) in [7, 11) is 2.90. The fourth-order valence-corrected chi connectivity index (χ4v) is 6.52. The molecule has 3 aliphatic heterocycles. The van der Waals surface area contributed by atoms with Crippen molar-refractivity contribution >= 4 is 17.9 Å². The van der Waals surface area contributed by atoms with E-state index in [0.717, 1.165) is 25.5 Å². The molecule has 1 saturated carbocycles. The summed E-state index contributed by atoms with van der Waals surface area (Å²) in [6.07, 6.45) is 0.983. The average Bonchev–Trinajstić information content (AvgIpc) is 3.13. The van der Waals surface area contributed by atoms with Gasteiger partial charge in [-0.2, -0.15) is 0 Å². The molecule has 2 fully saturated rings. The standard InChI is InChI=1S/C34H51N5O14/c1-4-22-30(53-31-27(50-18-36-2)34(47,48)26(42)24(16-41)52-31)49-17-23(29(45)51-20-8-6-5-7-9-20)33(22,46)11-10-19-14-39(12-13-40)15-21(28(43)44)25(19)38-32(35)37-3/h4,10-11,14,17,20,22,24,26-27,30-31,36,40-42,46-48H,1,5-9,12-13,15-16,18H2,2-3H3,(H,43,44)(H3,35,37,38)/b11-10-/t22-,24+,26+,27-,30-,31-,33+/m0/s1. The second-order valence-electron chi connectivity index (χ2n) is 13.0. The lowest BCUT2D eigenvalue weighted by Crippen LogP contribution is -2.69. The third kappa shape index (κ3) is 9.44. The largest absolute Gasteiger partial charge is 0.478 e. The van der Waals surface area contributed by atoms with Crippen LogP contribution in [0.1, 0.15) is 32.1 Å². The molecule has 0 amide bonds. The summed E-state index contributed by atoms with van der Waals surface area (Å²) in [4.78, 5) is 31.6. The van der Waals surface area contributed by atoms with Gasteiger partial charge in [0.05, 0.1) is 43.7 Å². The number of aliphatic hydroxyl groups excluding tert-OH is 3. The van der Waals surface area contributed by atoms with E-state index in [4.69, 9.17) is 29.4 Å². The predicted molar refractivity (Wildman–Crippen MR) is 185 cm³/mol. The van der Waals surface area contributed by atoms with Gasteiger partial charge in [-0.05, 0) is 38.8 Å². The van der Waals surface area contributed by atoms with Crippen molar-refractivity contribution in [1.82, 2.24) is 15.5 Å². The Morgan fingerprint density at radius 1 is 1.19 bits per heavy atom. The number of esters is 1. The molecule has 53 heavy (non-hydrogen) atoms. The monoisotopic (exact) mass is 753 g/mol. The van der Waals surface area contributed by atoms with Gasteiger partial charge in [0.15, 0.2) is 18.4 Å². The second kappa shape index (κ2) is 18.4. The molecule has 4 aliphatic rings. The van der Waals surface area contributed by atoms with Gasteiger partial charge in [-0.1, -0.05) is 18.6 Å². The van der Waals surface area contributed by atoms with Crippen LogP contribution in [0.4, 0.5) is 0 Å². The maximum absolute atomic E-state index is 13.8. The molecule has 3 heterocycles. The van der Waals surface area contributed by atoms with E-state index in [1.165, 1.54) is 43.4 Å². The lowest BCUT2D eigenvalue weighted by Gasteiger charge is -2.48. The van der Waals surface area contributed by atoms with Crippen LogP contribution in [0.3, 0.4) is 0 Å². The maximum atomic E-state index is 13.8. The number of rotatable bonds is 15. The van der Waals surface area contributed by atoms with Crippen LogP contribution in [0.5, 0.6) is 0 Å². The van der Waals surface area contributed by atoms with Crippen molar-refractivity contribution in [2.24, 2.45) is 16.6 Å². The number of carbonyl (C=O) groups is 2. The fraction of sp³-hybridized carbons (Fsp3) is 0.618. The smallest absolute Gasteiger partial charge is 0.340 e. The minimum Gasteiger partial charge on any atom is -0.478 e. The number of carbonyl (C=O) groups excluding carboxylic acids is 1. The van der Waals surface area contributed by atoms with Crippen LogP contribution in [0.15, 0.2) is 64.7 Å². The van der Waals surface area contributed by atoms with Crippen molar-refractivity contribution in [1.29, 1.82) is 0 Å². The van der Waals surface area contributed by atoms with E-state index in [2.05, 4.69) is 22.2 Å². The number of β-amino-alcohol motifs (C(OH)–C–C–N with tert-alkyl or cyclic N) is 1. The first-order valence-electron chi connectivity index (χ1n) is 17.2. The number of hydrogen-bond acceptors (Lipinski definition) is 16. The van der Waals surface area contributed by atoms with Crippen molar-refractivity contribution in [2.45, 2.75) is 80.5 Å². The zero-order valence-corrected chi connectivity index (χ0v) is 29.7. The molecule has 19 heteroatoms. The number of hydrogen-bond donors (Lipinski definition) is 10. The van der Waals surface area contributed by atoms with Gasteiger partial charge in [-0.15, -0.1) is 6.58 Å². The van der Waals surface area contributed by atoms with E-state index in [0.29, 0.717) is 12.8 Å². The third-order valence-electron chi connectivity index (χ3n) is 9.40. The van der Waals surface area contributed by atoms with Crippen molar-refractivity contribution in [3.8, 4) is 0 Å². The van der Waals surface area contributed by atoms with Crippen molar-refractivity contribution < 1.29 is 69.0 Å². The Kier molecular flexibility index (Phi) is 14.6. The van der Waals surface area contributed by atoms with E-state index in [-0.39, 0.29) is 54.8 Å². The lowest BCUT2D eigenvalue weighted by atomic mass is 9.78. The molecule has 0 spiro atoms. The number of guanidine groups is 1. The van der Waals surface area contributed by atoms with Crippen LogP contribution < -0.4 is 16.4 Å². The van der Waals surface area contributed by atoms with Crippen molar-refractivity contribution in [2.75, 3.05) is 47.1 Å². The molecule has 0 aromatic heterocycles. The molecular weight excluding hydrogens is 702 g/mol. The number of aliphatic imine (C=N–C) groups is 1. The van der Waals surface area contributed by atoms with E-state index in [1.54, 1.807) is 0 Å². The Morgan fingerprint density at radius 3 is 2.51 bits per heavy atom. The second-order valence-corrected chi connectivity index (χ2v) is 13.0. The van der Waals surface area contributed by atoms with Gasteiger partial charge in [-0.3, -0.25) is 10.3 Å². The normalized spacial score (nSPS) is 31.1. The summed E-state index contributed by atoms with van der Waals surface area (Å²) in [5, 5.41) is 79.8. The molecule has 11 N–H and O–H groups in total. The average molecular weight is 754 g/mol. The van der Waals surface area contributed by atoms with Crippen LogP contribution in [0, 0.1) is 5.92 Å². The van der Waals surface area contributed by atoms with Crippen LogP contribution in [-0.2, 0) is 33.3 Å². The highest BCUT2D eigenvalue weighted by molar-refractivity contribution is 5.93. The number of carboxylic acids is 1. The molecule has 0 radical (unpaired) electrons. The van der Waals surface area contributed by atoms with E-state index >= 15 is 0 Å². The third-order valence-corrected chi connectivity index (χ3v) is 9.40. The SMILES string of the molecule is C=C[C@H]1[C@H](O[C@@H]2O[C@H](CO)[C@@H](O)C(O)(O)[C@H]2OCNC)OC=C(C(=O)OC2CCCCC2)[C@@]1(O)/C=C\C1=CN(CCO)CC(C(=O)O)=C1NC(N)=NC. The topological polar surface area (TPSA) is 288 Å². The minimum absolute atomic E-state index is 0.0240. The zero-order valence-electron chi connectivity index (χ0n) is 29.7. The Hall–Kier alpha value is -3.89. The lowest BCUT2D eigenvalue weighted by molar-refractivity contribution is -0.412. The Labute approximate surface area is 306 Å². The molecule has 19 nitrogen and oxygen atoms in total. The van der Waals surface area contributed by atoms with E-state index in [1.807, 2.05) is 0 Å². The molecular formula is C34H51N5O14. The fourth-order valence-electron chi connectivity index (χ4n) is 6.52. The molecule has 4 rings (SSSR count). The molecule has 0 aromatic rings. The van der Waals surface area contributed by atoms with Gasteiger partial charge < -0.3 is 75.4 Å². The van der Waals surface area contributed by atoms with E-state index < -0.39 is 72.8 Å². The molecule has 0 bridgehead atoms. The number of carboxylic acid groups (broad SMARTS) is 1. The summed E-state index contributed by atoms with van der Waals surface area (Å²) in [6.45, 7) is 2.36. The number of nitrogens with zero attached hydrogens (tertiary/aromatic N) is 2.